The highest BCUT2D eigenvalue weighted by atomic mass is 32.1. The summed E-state index contributed by atoms with van der Waals surface area (Å²) in [6.45, 7) is 4.43. The van der Waals surface area contributed by atoms with E-state index in [4.69, 9.17) is 0 Å². The molecule has 2 heterocycles. The highest BCUT2D eigenvalue weighted by Crippen LogP contribution is 2.31. The lowest BCUT2D eigenvalue weighted by atomic mass is 10.1. The lowest BCUT2D eigenvalue weighted by molar-refractivity contribution is -0.122. The van der Waals surface area contributed by atoms with Gasteiger partial charge in [0.1, 0.15) is 11.4 Å². The maximum Gasteiger partial charge on any atom is 0.264 e. The molecule has 6 nitrogen and oxygen atoms in total. The monoisotopic (exact) mass is 486 g/mol. The van der Waals surface area contributed by atoms with Crippen molar-refractivity contribution >= 4 is 33.4 Å². The zero-order chi connectivity index (χ0) is 24.4. The first-order chi connectivity index (χ1) is 17.0. The molecule has 7 heteroatoms. The summed E-state index contributed by atoms with van der Waals surface area (Å²) in [6, 6.07) is 20.2. The molecule has 0 atom stereocenters. The van der Waals surface area contributed by atoms with E-state index >= 15 is 0 Å². The van der Waals surface area contributed by atoms with E-state index in [2.05, 4.69) is 10.4 Å². The number of amides is 2. The number of nitrogens with one attached hydrogen (secondary N) is 1. The van der Waals surface area contributed by atoms with Crippen molar-refractivity contribution in [2.24, 2.45) is 0 Å². The molecule has 0 saturated heterocycles. The average Bonchev–Trinajstić information content (AvgIpc) is 3.59. The van der Waals surface area contributed by atoms with E-state index in [1.807, 2.05) is 79.2 Å². The molecule has 4 aromatic rings. The fourth-order valence-electron chi connectivity index (χ4n) is 4.68. The Labute approximate surface area is 209 Å². The van der Waals surface area contributed by atoms with Crippen LogP contribution in [0, 0.1) is 13.8 Å². The summed E-state index contributed by atoms with van der Waals surface area (Å²) in [5, 5.41) is 8.78. The largest absolute Gasteiger partial charge is 0.352 e. The molecule has 0 radical (unpaired) electrons. The van der Waals surface area contributed by atoms with Gasteiger partial charge in [-0.15, -0.1) is 11.3 Å². The Bertz CT molecular complexity index is 1330. The first-order valence-electron chi connectivity index (χ1n) is 12.2. The minimum Gasteiger partial charge on any atom is -0.352 e. The van der Waals surface area contributed by atoms with E-state index in [9.17, 15) is 9.59 Å². The Morgan fingerprint density at radius 2 is 1.77 bits per heavy atom. The Balaban J connectivity index is 1.43. The first kappa shape index (κ1) is 23.3. The third-order valence-electron chi connectivity index (χ3n) is 6.59. The van der Waals surface area contributed by atoms with Crippen LogP contribution in [0.3, 0.4) is 0 Å². The minimum absolute atomic E-state index is 0.0429. The summed E-state index contributed by atoms with van der Waals surface area (Å²) in [5.74, 6) is -0.225. The van der Waals surface area contributed by atoms with E-state index in [0.717, 1.165) is 58.4 Å². The van der Waals surface area contributed by atoms with E-state index in [-0.39, 0.29) is 24.4 Å². The fraction of sp³-hybridized carbons (Fsp3) is 0.321. The second-order valence-electron chi connectivity index (χ2n) is 9.36. The highest BCUT2D eigenvalue weighted by molar-refractivity contribution is 7.20. The topological polar surface area (TPSA) is 67.2 Å². The number of para-hydroxylation sites is 1. The number of aromatic nitrogens is 2. The molecule has 35 heavy (non-hydrogen) atoms. The lowest BCUT2D eigenvalue weighted by Crippen LogP contribution is -2.43. The van der Waals surface area contributed by atoms with Crippen molar-refractivity contribution in [2.75, 3.05) is 6.54 Å². The van der Waals surface area contributed by atoms with Crippen molar-refractivity contribution in [2.45, 2.75) is 52.1 Å². The van der Waals surface area contributed by atoms with Gasteiger partial charge < -0.3 is 10.2 Å². The third kappa shape index (κ3) is 5.15. The van der Waals surface area contributed by atoms with Gasteiger partial charge in [0.15, 0.2) is 0 Å². The average molecular weight is 487 g/mol. The van der Waals surface area contributed by atoms with Gasteiger partial charge in [-0.1, -0.05) is 60.9 Å². The van der Waals surface area contributed by atoms with Gasteiger partial charge in [0.05, 0.1) is 16.3 Å². The molecule has 0 spiro atoms. The van der Waals surface area contributed by atoms with Crippen molar-refractivity contribution in [3.05, 3.63) is 82.4 Å². The maximum absolute atomic E-state index is 13.7. The molecular formula is C28H30N4O2S. The van der Waals surface area contributed by atoms with Crippen LogP contribution in [0.1, 0.15) is 52.2 Å². The number of nitrogens with zero attached hydrogens (tertiary/aromatic N) is 3. The number of thiophene rings is 1. The number of carbonyl (C=O) groups is 2. The highest BCUT2D eigenvalue weighted by Gasteiger charge is 2.25. The molecule has 1 aliphatic carbocycles. The predicted molar refractivity (Wildman–Crippen MR) is 140 cm³/mol. The Hall–Kier alpha value is -3.45. The van der Waals surface area contributed by atoms with Gasteiger partial charge in [-0.25, -0.2) is 4.68 Å². The van der Waals surface area contributed by atoms with Gasteiger partial charge in [-0.3, -0.25) is 9.59 Å². The minimum atomic E-state index is -0.132. The van der Waals surface area contributed by atoms with Crippen LogP contribution < -0.4 is 5.32 Å². The summed E-state index contributed by atoms with van der Waals surface area (Å²) in [7, 11) is 0. The Kier molecular flexibility index (Phi) is 6.68. The number of benzene rings is 2. The van der Waals surface area contributed by atoms with Crippen LogP contribution in [0.5, 0.6) is 0 Å². The van der Waals surface area contributed by atoms with Crippen LogP contribution in [0.15, 0.2) is 60.7 Å². The number of fused-ring (bicyclic) bond motifs is 1. The molecule has 2 amide bonds. The van der Waals surface area contributed by atoms with E-state index < -0.39 is 0 Å². The summed E-state index contributed by atoms with van der Waals surface area (Å²) in [5.41, 5.74) is 4.00. The molecule has 1 fully saturated rings. The number of rotatable bonds is 7. The van der Waals surface area contributed by atoms with Gasteiger partial charge >= 0.3 is 0 Å². The van der Waals surface area contributed by atoms with Crippen LogP contribution in [0.4, 0.5) is 0 Å². The standard InChI is InChI=1S/C28H30N4O2S/c1-19-12-14-21(15-13-19)17-31(18-26(33)29-22-8-6-7-9-22)27(34)25-16-24-20(2)30-32(28(24)35-25)23-10-4-3-5-11-23/h3-5,10-16,22H,6-9,17-18H2,1-2H3,(H,29,33). The lowest BCUT2D eigenvalue weighted by Gasteiger charge is -2.23. The second kappa shape index (κ2) is 10.0. The Morgan fingerprint density at radius 3 is 2.49 bits per heavy atom. The molecule has 1 N–H and O–H groups in total. The third-order valence-corrected chi connectivity index (χ3v) is 7.69. The number of aryl methyl sites for hydroxylation is 2. The van der Waals surface area contributed by atoms with Crippen molar-refractivity contribution in [3.63, 3.8) is 0 Å². The SMILES string of the molecule is Cc1ccc(CN(CC(=O)NC2CCCC2)C(=O)c2cc3c(C)nn(-c4ccccc4)c3s2)cc1. The second-order valence-corrected chi connectivity index (χ2v) is 10.4. The van der Waals surface area contributed by atoms with Gasteiger partial charge in [0, 0.05) is 18.0 Å². The van der Waals surface area contributed by atoms with Crippen molar-refractivity contribution in [1.82, 2.24) is 20.0 Å². The normalized spacial score (nSPS) is 13.9. The van der Waals surface area contributed by atoms with Crippen molar-refractivity contribution in [3.8, 4) is 5.69 Å². The van der Waals surface area contributed by atoms with E-state index in [1.165, 1.54) is 11.3 Å². The van der Waals surface area contributed by atoms with Crippen LogP contribution in [-0.4, -0.2) is 39.1 Å². The Morgan fingerprint density at radius 1 is 1.06 bits per heavy atom. The van der Waals surface area contributed by atoms with E-state index in [1.54, 1.807) is 4.90 Å². The molecule has 1 aliphatic rings. The van der Waals surface area contributed by atoms with Gasteiger partial charge in [-0.05, 0) is 50.5 Å². The van der Waals surface area contributed by atoms with Crippen LogP contribution in [0.2, 0.25) is 0 Å². The van der Waals surface area contributed by atoms with Crippen molar-refractivity contribution in [1.29, 1.82) is 0 Å². The molecular weight excluding hydrogens is 456 g/mol. The first-order valence-corrected chi connectivity index (χ1v) is 13.0. The molecule has 2 aromatic carbocycles. The quantitative estimate of drug-likeness (QED) is 0.380. The molecule has 2 aromatic heterocycles. The van der Waals surface area contributed by atoms with Crippen LogP contribution in [-0.2, 0) is 11.3 Å². The number of hydrogen-bond acceptors (Lipinski definition) is 4. The molecule has 180 valence electrons. The summed E-state index contributed by atoms with van der Waals surface area (Å²) < 4.78 is 1.89. The molecule has 0 bridgehead atoms. The fourth-order valence-corrected chi connectivity index (χ4v) is 5.83. The molecule has 0 aliphatic heterocycles. The maximum atomic E-state index is 13.7. The van der Waals surface area contributed by atoms with Crippen LogP contribution in [0.25, 0.3) is 15.9 Å². The molecule has 1 saturated carbocycles. The molecule has 5 rings (SSSR count). The summed E-state index contributed by atoms with van der Waals surface area (Å²) in [4.78, 5) is 29.8. The number of carbonyl (C=O) groups excluding carboxylic acids is 2. The number of hydrogen-bond donors (Lipinski definition) is 1. The zero-order valence-electron chi connectivity index (χ0n) is 20.2. The summed E-state index contributed by atoms with van der Waals surface area (Å²) >= 11 is 1.43. The summed E-state index contributed by atoms with van der Waals surface area (Å²) in [6.07, 6.45) is 4.33. The smallest absolute Gasteiger partial charge is 0.264 e. The van der Waals surface area contributed by atoms with Gasteiger partial charge in [0.2, 0.25) is 5.91 Å². The van der Waals surface area contributed by atoms with Gasteiger partial charge in [0.25, 0.3) is 5.91 Å². The van der Waals surface area contributed by atoms with E-state index in [0.29, 0.717) is 11.4 Å². The van der Waals surface area contributed by atoms with Gasteiger partial charge in [-0.2, -0.15) is 5.10 Å². The predicted octanol–water partition coefficient (Wildman–Crippen LogP) is 5.41. The van der Waals surface area contributed by atoms with Crippen molar-refractivity contribution < 1.29 is 9.59 Å². The molecule has 0 unspecified atom stereocenters. The zero-order valence-corrected chi connectivity index (χ0v) is 21.0. The van der Waals surface area contributed by atoms with Crippen LogP contribution >= 0.6 is 11.3 Å².